The van der Waals surface area contributed by atoms with Crippen molar-refractivity contribution in [1.29, 1.82) is 0 Å². The minimum atomic E-state index is 0.141. The molecule has 138 valence electrons. The molecule has 2 heterocycles. The molecule has 3 nitrogen and oxygen atoms in total. The molecule has 0 radical (unpaired) electrons. The maximum atomic E-state index is 13.3. The molecule has 3 heteroatoms. The zero-order valence-corrected chi connectivity index (χ0v) is 16.5. The SMILES string of the molecule is Cc1c(C2C3=C(CCCC3)C(=O)N2CCC(C)C)c2ccccc2n1C. The van der Waals surface area contributed by atoms with Crippen LogP contribution in [0.2, 0.25) is 0 Å². The lowest BCUT2D eigenvalue weighted by molar-refractivity contribution is -0.127. The number of fused-ring (bicyclic) bond motifs is 1. The highest BCUT2D eigenvalue weighted by atomic mass is 16.2. The Labute approximate surface area is 156 Å². The average molecular weight is 351 g/mol. The number of carbonyl (C=O) groups is 1. The van der Waals surface area contributed by atoms with E-state index in [0.29, 0.717) is 11.8 Å². The quantitative estimate of drug-likeness (QED) is 0.736. The summed E-state index contributed by atoms with van der Waals surface area (Å²) in [5, 5.41) is 1.30. The summed E-state index contributed by atoms with van der Waals surface area (Å²) in [7, 11) is 2.15. The molecule has 26 heavy (non-hydrogen) atoms. The molecule has 0 saturated heterocycles. The summed E-state index contributed by atoms with van der Waals surface area (Å²) in [6.07, 6.45) is 5.47. The van der Waals surface area contributed by atoms with Crippen molar-refractivity contribution in [2.75, 3.05) is 6.54 Å². The molecule has 0 spiro atoms. The van der Waals surface area contributed by atoms with Crippen molar-refractivity contribution in [1.82, 2.24) is 9.47 Å². The number of rotatable bonds is 4. The molecule has 0 N–H and O–H groups in total. The van der Waals surface area contributed by atoms with Crippen LogP contribution in [0, 0.1) is 12.8 Å². The number of benzene rings is 1. The van der Waals surface area contributed by atoms with Crippen LogP contribution in [0.5, 0.6) is 0 Å². The van der Waals surface area contributed by atoms with Crippen molar-refractivity contribution in [3.8, 4) is 0 Å². The Kier molecular flexibility index (Phi) is 4.42. The summed E-state index contributed by atoms with van der Waals surface area (Å²) >= 11 is 0. The lowest BCUT2D eigenvalue weighted by Gasteiger charge is -2.29. The van der Waals surface area contributed by atoms with Gasteiger partial charge in [0.15, 0.2) is 0 Å². The highest BCUT2D eigenvalue weighted by molar-refractivity contribution is 5.99. The van der Waals surface area contributed by atoms with Gasteiger partial charge >= 0.3 is 0 Å². The second kappa shape index (κ2) is 6.61. The molecule has 2 aromatic rings. The molecule has 0 saturated carbocycles. The third-order valence-electron chi connectivity index (χ3n) is 6.34. The maximum absolute atomic E-state index is 13.3. The minimum absolute atomic E-state index is 0.141. The Bertz CT molecular complexity index is 887. The Morgan fingerprint density at radius 1 is 1.15 bits per heavy atom. The van der Waals surface area contributed by atoms with E-state index in [4.69, 9.17) is 0 Å². The standard InChI is InChI=1S/C23H30N2O/c1-15(2)13-14-25-22(17-9-5-6-10-18(17)23(25)26)21-16(3)24(4)20-12-8-7-11-19(20)21/h7-8,11-12,15,22H,5-6,9-10,13-14H2,1-4H3. The van der Waals surface area contributed by atoms with Crippen molar-refractivity contribution in [3.05, 3.63) is 46.7 Å². The van der Waals surface area contributed by atoms with Crippen molar-refractivity contribution in [2.45, 2.75) is 58.9 Å². The van der Waals surface area contributed by atoms with Crippen LogP contribution in [0.1, 0.15) is 63.3 Å². The second-order valence-electron chi connectivity index (χ2n) is 8.37. The van der Waals surface area contributed by atoms with E-state index in [1.165, 1.54) is 34.2 Å². The van der Waals surface area contributed by atoms with E-state index in [1.54, 1.807) is 0 Å². The number of para-hydroxylation sites is 1. The fourth-order valence-electron chi connectivity index (χ4n) is 4.81. The van der Waals surface area contributed by atoms with Crippen LogP contribution in [-0.2, 0) is 11.8 Å². The van der Waals surface area contributed by atoms with E-state index in [-0.39, 0.29) is 6.04 Å². The van der Waals surface area contributed by atoms with Crippen molar-refractivity contribution in [2.24, 2.45) is 13.0 Å². The number of carbonyl (C=O) groups excluding carboxylic acids is 1. The number of hydrogen-bond acceptors (Lipinski definition) is 1. The monoisotopic (exact) mass is 350 g/mol. The molecule has 1 aromatic heterocycles. The summed E-state index contributed by atoms with van der Waals surface area (Å²) in [5.74, 6) is 0.910. The van der Waals surface area contributed by atoms with E-state index in [2.05, 4.69) is 61.6 Å². The Hall–Kier alpha value is -2.03. The van der Waals surface area contributed by atoms with E-state index in [0.717, 1.165) is 37.8 Å². The van der Waals surface area contributed by atoms with Crippen LogP contribution in [0.4, 0.5) is 0 Å². The van der Waals surface area contributed by atoms with Gasteiger partial charge in [0.05, 0.1) is 6.04 Å². The van der Waals surface area contributed by atoms with Crippen LogP contribution in [0.15, 0.2) is 35.4 Å². The zero-order valence-electron chi connectivity index (χ0n) is 16.5. The van der Waals surface area contributed by atoms with E-state index >= 15 is 0 Å². The molecule has 1 aliphatic heterocycles. The van der Waals surface area contributed by atoms with E-state index in [1.807, 2.05) is 0 Å². The number of hydrogen-bond donors (Lipinski definition) is 0. The first-order valence-corrected chi connectivity index (χ1v) is 10.1. The first-order valence-electron chi connectivity index (χ1n) is 10.1. The zero-order chi connectivity index (χ0) is 18.4. The Morgan fingerprint density at radius 3 is 2.65 bits per heavy atom. The molecule has 4 rings (SSSR count). The van der Waals surface area contributed by atoms with Gasteiger partial charge in [0, 0.05) is 41.3 Å². The van der Waals surface area contributed by atoms with Crippen LogP contribution in [-0.4, -0.2) is 21.9 Å². The van der Waals surface area contributed by atoms with Gasteiger partial charge in [-0.25, -0.2) is 0 Å². The fraction of sp³-hybridized carbons (Fsp3) is 0.522. The smallest absolute Gasteiger partial charge is 0.250 e. The minimum Gasteiger partial charge on any atom is -0.348 e. The normalized spacial score (nSPS) is 20.6. The van der Waals surface area contributed by atoms with Gasteiger partial charge in [-0.1, -0.05) is 32.0 Å². The first kappa shape index (κ1) is 17.4. The predicted octanol–water partition coefficient (Wildman–Crippen LogP) is 5.29. The number of nitrogens with zero attached hydrogens (tertiary/aromatic N) is 2. The van der Waals surface area contributed by atoms with Gasteiger partial charge in [-0.05, 0) is 56.6 Å². The number of amides is 1. The average Bonchev–Trinajstić information content (AvgIpc) is 3.05. The molecule has 2 aliphatic rings. The highest BCUT2D eigenvalue weighted by Crippen LogP contribution is 2.47. The van der Waals surface area contributed by atoms with Crippen molar-refractivity contribution >= 4 is 16.8 Å². The summed E-state index contributed by atoms with van der Waals surface area (Å²) in [5.41, 5.74) is 6.44. The Morgan fingerprint density at radius 2 is 1.88 bits per heavy atom. The summed E-state index contributed by atoms with van der Waals surface area (Å²) < 4.78 is 2.29. The van der Waals surface area contributed by atoms with Crippen LogP contribution in [0.25, 0.3) is 10.9 Å². The van der Waals surface area contributed by atoms with Gasteiger partial charge in [-0.15, -0.1) is 0 Å². The molecule has 1 aliphatic carbocycles. The lowest BCUT2D eigenvalue weighted by Crippen LogP contribution is -2.32. The molecular weight excluding hydrogens is 320 g/mol. The first-order chi connectivity index (χ1) is 12.5. The molecule has 1 amide bonds. The van der Waals surface area contributed by atoms with E-state index in [9.17, 15) is 4.79 Å². The molecule has 1 unspecified atom stereocenters. The Balaban J connectivity index is 1.87. The van der Waals surface area contributed by atoms with Crippen LogP contribution < -0.4 is 0 Å². The van der Waals surface area contributed by atoms with Crippen molar-refractivity contribution < 1.29 is 4.79 Å². The summed E-state index contributed by atoms with van der Waals surface area (Å²) in [6.45, 7) is 7.55. The predicted molar refractivity (Wildman–Crippen MR) is 107 cm³/mol. The van der Waals surface area contributed by atoms with Gasteiger partial charge in [0.2, 0.25) is 0 Å². The number of aromatic nitrogens is 1. The van der Waals surface area contributed by atoms with E-state index < -0.39 is 0 Å². The van der Waals surface area contributed by atoms with Gasteiger partial charge in [-0.2, -0.15) is 0 Å². The molecular formula is C23H30N2O. The van der Waals surface area contributed by atoms with Gasteiger partial charge < -0.3 is 9.47 Å². The molecule has 0 bridgehead atoms. The topological polar surface area (TPSA) is 25.2 Å². The van der Waals surface area contributed by atoms with Gasteiger partial charge in [0.1, 0.15) is 0 Å². The molecule has 0 fully saturated rings. The summed E-state index contributed by atoms with van der Waals surface area (Å²) in [4.78, 5) is 15.4. The number of aryl methyl sites for hydroxylation is 1. The molecule has 1 aromatic carbocycles. The summed E-state index contributed by atoms with van der Waals surface area (Å²) in [6, 6.07) is 8.79. The fourth-order valence-corrected chi connectivity index (χ4v) is 4.81. The third-order valence-corrected chi connectivity index (χ3v) is 6.34. The maximum Gasteiger partial charge on any atom is 0.250 e. The van der Waals surface area contributed by atoms with Gasteiger partial charge in [-0.3, -0.25) is 4.79 Å². The highest BCUT2D eigenvalue weighted by Gasteiger charge is 2.42. The van der Waals surface area contributed by atoms with Crippen LogP contribution >= 0.6 is 0 Å². The third kappa shape index (κ3) is 2.60. The largest absolute Gasteiger partial charge is 0.348 e. The van der Waals surface area contributed by atoms with Gasteiger partial charge in [0.25, 0.3) is 5.91 Å². The molecule has 1 atom stereocenters. The van der Waals surface area contributed by atoms with Crippen molar-refractivity contribution in [3.63, 3.8) is 0 Å². The second-order valence-corrected chi connectivity index (χ2v) is 8.37. The lowest BCUT2D eigenvalue weighted by atomic mass is 9.86. The van der Waals surface area contributed by atoms with Crippen LogP contribution in [0.3, 0.4) is 0 Å².